The van der Waals surface area contributed by atoms with Crippen LogP contribution >= 0.6 is 0 Å². The first kappa shape index (κ1) is 16.1. The van der Waals surface area contributed by atoms with Gasteiger partial charge in [0.2, 0.25) is 0 Å². The van der Waals surface area contributed by atoms with Gasteiger partial charge in [-0.15, -0.1) is 0 Å². The first-order valence-electron chi connectivity index (χ1n) is 6.27. The Morgan fingerprint density at radius 1 is 1.35 bits per heavy atom. The van der Waals surface area contributed by atoms with Crippen LogP contribution < -0.4 is 0 Å². The molecule has 0 fully saturated rings. The molecule has 110 valence electrons. The van der Waals surface area contributed by atoms with Crippen LogP contribution in [0.25, 0.3) is 0 Å². The quantitative estimate of drug-likeness (QED) is 0.585. The Morgan fingerprint density at radius 3 is 2.50 bits per heavy atom. The van der Waals surface area contributed by atoms with E-state index in [9.17, 15) is 19.1 Å². The molecular formula is C14H17FO5. The average Bonchev–Trinajstić information content (AvgIpc) is 2.41. The highest BCUT2D eigenvalue weighted by Crippen LogP contribution is 2.33. The van der Waals surface area contributed by atoms with Gasteiger partial charge in [-0.2, -0.15) is 0 Å². The molecule has 0 bridgehead atoms. The van der Waals surface area contributed by atoms with Crippen LogP contribution in [-0.4, -0.2) is 35.4 Å². The summed E-state index contributed by atoms with van der Waals surface area (Å²) < 4.78 is 18.7. The second-order valence-electron chi connectivity index (χ2n) is 4.24. The van der Waals surface area contributed by atoms with Crippen LogP contribution in [0.15, 0.2) is 24.3 Å². The number of hydrogen-bond acceptors (Lipinski definition) is 4. The number of halogens is 1. The minimum Gasteiger partial charge on any atom is -0.480 e. The van der Waals surface area contributed by atoms with Crippen molar-refractivity contribution in [2.45, 2.75) is 25.2 Å². The zero-order valence-electron chi connectivity index (χ0n) is 11.1. The van der Waals surface area contributed by atoms with Gasteiger partial charge in [0.1, 0.15) is 5.82 Å². The van der Waals surface area contributed by atoms with Gasteiger partial charge in [-0.1, -0.05) is 18.2 Å². The Kier molecular flexibility index (Phi) is 5.64. The lowest BCUT2D eigenvalue weighted by Gasteiger charge is -2.27. The first-order chi connectivity index (χ1) is 9.50. The van der Waals surface area contributed by atoms with Crippen LogP contribution in [0, 0.1) is 5.82 Å². The molecule has 0 saturated heterocycles. The smallest absolute Gasteiger partial charge is 0.328 e. The molecule has 0 saturated carbocycles. The van der Waals surface area contributed by atoms with Crippen LogP contribution in [0.5, 0.6) is 0 Å². The largest absolute Gasteiger partial charge is 0.480 e. The summed E-state index contributed by atoms with van der Waals surface area (Å²) in [5, 5.41) is 18.4. The van der Waals surface area contributed by atoms with Crippen LogP contribution in [0.3, 0.4) is 0 Å². The number of carboxylic acid groups (broad SMARTS) is 1. The number of rotatable bonds is 7. The molecule has 0 aromatic heterocycles. The fourth-order valence-electron chi connectivity index (χ4n) is 2.06. The molecule has 6 heteroatoms. The van der Waals surface area contributed by atoms with E-state index in [1.807, 2.05) is 0 Å². The van der Waals surface area contributed by atoms with E-state index >= 15 is 0 Å². The first-order valence-corrected chi connectivity index (χ1v) is 6.27. The molecule has 1 rings (SSSR count). The molecule has 1 aromatic carbocycles. The lowest BCUT2D eigenvalue weighted by Crippen LogP contribution is -2.46. The fraction of sp³-hybridized carbons (Fsp3) is 0.429. The number of carboxylic acids is 1. The highest BCUT2D eigenvalue weighted by atomic mass is 19.1. The summed E-state index contributed by atoms with van der Waals surface area (Å²) >= 11 is 0. The Morgan fingerprint density at radius 2 is 2.00 bits per heavy atom. The molecule has 0 heterocycles. The van der Waals surface area contributed by atoms with Gasteiger partial charge in [0, 0.05) is 12.2 Å². The minimum absolute atomic E-state index is 0.0125. The third kappa shape index (κ3) is 2.96. The lowest BCUT2D eigenvalue weighted by atomic mass is 9.76. The maximum Gasteiger partial charge on any atom is 0.328 e. The predicted octanol–water partition coefficient (Wildman–Crippen LogP) is 1.48. The molecule has 0 aliphatic rings. The lowest BCUT2D eigenvalue weighted by molar-refractivity contribution is -0.162. The Labute approximate surface area is 116 Å². The van der Waals surface area contributed by atoms with Gasteiger partial charge in [-0.25, -0.2) is 4.39 Å². The van der Waals surface area contributed by atoms with Gasteiger partial charge in [0.25, 0.3) is 0 Å². The molecule has 1 atom stereocenters. The van der Waals surface area contributed by atoms with E-state index in [4.69, 9.17) is 9.84 Å². The number of esters is 1. The van der Waals surface area contributed by atoms with Gasteiger partial charge in [0.05, 0.1) is 6.61 Å². The molecule has 2 N–H and O–H groups in total. The highest BCUT2D eigenvalue weighted by Gasteiger charge is 2.50. The maximum atomic E-state index is 13.9. The monoisotopic (exact) mass is 284 g/mol. The van der Waals surface area contributed by atoms with E-state index in [2.05, 4.69) is 0 Å². The van der Waals surface area contributed by atoms with Crippen LogP contribution in [-0.2, 0) is 19.7 Å². The molecule has 0 spiro atoms. The van der Waals surface area contributed by atoms with E-state index in [0.717, 1.165) is 6.07 Å². The maximum absolute atomic E-state index is 13.9. The van der Waals surface area contributed by atoms with Crippen molar-refractivity contribution in [2.75, 3.05) is 13.2 Å². The third-order valence-electron chi connectivity index (χ3n) is 3.03. The van der Waals surface area contributed by atoms with Crippen molar-refractivity contribution < 1.29 is 28.9 Å². The minimum atomic E-state index is -2.13. The molecule has 5 nitrogen and oxygen atoms in total. The molecular weight excluding hydrogens is 267 g/mol. The number of aliphatic carboxylic acids is 1. The molecule has 0 aliphatic carbocycles. The number of benzene rings is 1. The number of aliphatic hydroxyl groups is 1. The van der Waals surface area contributed by atoms with Crippen LogP contribution in [0.4, 0.5) is 4.39 Å². The third-order valence-corrected chi connectivity index (χ3v) is 3.03. The summed E-state index contributed by atoms with van der Waals surface area (Å²) in [5.41, 5.74) is -2.39. The standard InChI is InChI=1S/C14H17FO5/c1-2-20-13(19)14(12(17)18,8-5-9-16)10-6-3-4-7-11(10)15/h3-4,6-7,16H,2,5,8-9H2,1H3,(H,17,18). The summed E-state index contributed by atoms with van der Waals surface area (Å²) in [7, 11) is 0. The average molecular weight is 284 g/mol. The normalized spacial score (nSPS) is 13.6. The molecule has 20 heavy (non-hydrogen) atoms. The molecule has 0 amide bonds. The second-order valence-corrected chi connectivity index (χ2v) is 4.24. The van der Waals surface area contributed by atoms with Gasteiger partial charge in [-0.3, -0.25) is 9.59 Å². The van der Waals surface area contributed by atoms with Crippen molar-refractivity contribution in [3.8, 4) is 0 Å². The van der Waals surface area contributed by atoms with E-state index in [-0.39, 0.29) is 31.6 Å². The zero-order valence-corrected chi connectivity index (χ0v) is 11.1. The van der Waals surface area contributed by atoms with Crippen molar-refractivity contribution in [1.29, 1.82) is 0 Å². The van der Waals surface area contributed by atoms with E-state index in [0.29, 0.717) is 0 Å². The van der Waals surface area contributed by atoms with Crippen molar-refractivity contribution in [1.82, 2.24) is 0 Å². The summed E-state index contributed by atoms with van der Waals surface area (Å²) in [6, 6.07) is 5.19. The van der Waals surface area contributed by atoms with Crippen molar-refractivity contribution in [3.63, 3.8) is 0 Å². The summed E-state index contributed by atoms with van der Waals surface area (Å²) in [6.07, 6.45) is -0.196. The highest BCUT2D eigenvalue weighted by molar-refractivity contribution is 6.05. The molecule has 0 radical (unpaired) electrons. The Bertz CT molecular complexity index is 488. The van der Waals surface area contributed by atoms with Crippen molar-refractivity contribution >= 4 is 11.9 Å². The van der Waals surface area contributed by atoms with Gasteiger partial charge in [-0.05, 0) is 25.8 Å². The van der Waals surface area contributed by atoms with Gasteiger partial charge >= 0.3 is 11.9 Å². The van der Waals surface area contributed by atoms with E-state index in [1.54, 1.807) is 0 Å². The Balaban J connectivity index is 3.40. The fourth-order valence-corrected chi connectivity index (χ4v) is 2.06. The van der Waals surface area contributed by atoms with Crippen molar-refractivity contribution in [3.05, 3.63) is 35.6 Å². The molecule has 0 aliphatic heterocycles. The zero-order chi connectivity index (χ0) is 15.2. The Hall–Kier alpha value is -1.95. The SMILES string of the molecule is CCOC(=O)C(CCCO)(C(=O)O)c1ccccc1F. The van der Waals surface area contributed by atoms with Crippen LogP contribution in [0.2, 0.25) is 0 Å². The van der Waals surface area contributed by atoms with Crippen LogP contribution in [0.1, 0.15) is 25.3 Å². The number of carbonyl (C=O) groups is 2. The van der Waals surface area contributed by atoms with Crippen molar-refractivity contribution in [2.24, 2.45) is 0 Å². The number of hydrogen-bond donors (Lipinski definition) is 2. The number of aliphatic hydroxyl groups excluding tert-OH is 1. The summed E-state index contributed by atoms with van der Waals surface area (Å²) in [6.45, 7) is 1.22. The molecule has 1 unspecified atom stereocenters. The van der Waals surface area contributed by atoms with Gasteiger partial charge in [0.15, 0.2) is 5.41 Å². The second kappa shape index (κ2) is 7.00. The van der Waals surface area contributed by atoms with E-state index in [1.165, 1.54) is 25.1 Å². The van der Waals surface area contributed by atoms with Gasteiger partial charge < -0.3 is 14.9 Å². The number of carbonyl (C=O) groups excluding carboxylic acids is 1. The topological polar surface area (TPSA) is 83.8 Å². The van der Waals surface area contributed by atoms with E-state index < -0.39 is 23.2 Å². The predicted molar refractivity (Wildman–Crippen MR) is 68.7 cm³/mol. The molecule has 1 aromatic rings. The summed E-state index contributed by atoms with van der Waals surface area (Å²) in [5.74, 6) is -3.30. The summed E-state index contributed by atoms with van der Waals surface area (Å²) in [4.78, 5) is 23.8. The number of ether oxygens (including phenoxy) is 1.